The topological polar surface area (TPSA) is 62.2 Å². The van der Waals surface area contributed by atoms with E-state index in [1.54, 1.807) is 11.3 Å². The highest BCUT2D eigenvalue weighted by atomic mass is 32.1. The van der Waals surface area contributed by atoms with Crippen LogP contribution < -0.4 is 5.32 Å². The monoisotopic (exact) mass is 348 g/mol. The van der Waals surface area contributed by atoms with Crippen LogP contribution in [0.3, 0.4) is 0 Å². The summed E-state index contributed by atoms with van der Waals surface area (Å²) < 4.78 is 0. The van der Waals surface area contributed by atoms with Gasteiger partial charge in [0.15, 0.2) is 0 Å². The molecule has 1 amide bonds. The Morgan fingerprint density at radius 2 is 2.00 bits per heavy atom. The summed E-state index contributed by atoms with van der Waals surface area (Å²) in [6.07, 6.45) is 6.85. The number of rotatable bonds is 4. The van der Waals surface area contributed by atoms with Crippen molar-refractivity contribution in [1.29, 1.82) is 0 Å². The van der Waals surface area contributed by atoms with Gasteiger partial charge in [0.05, 0.1) is 22.3 Å². The van der Waals surface area contributed by atoms with E-state index in [-0.39, 0.29) is 17.4 Å². The zero-order valence-corrected chi connectivity index (χ0v) is 15.7. The Bertz CT molecular complexity index is 654. The van der Waals surface area contributed by atoms with Crippen LogP contribution in [0.25, 0.3) is 0 Å². The molecular formula is C19H28N2O2S. The number of amides is 1. The van der Waals surface area contributed by atoms with Crippen LogP contribution >= 0.6 is 11.3 Å². The Morgan fingerprint density at radius 1 is 1.33 bits per heavy atom. The molecule has 0 aromatic carbocycles. The fraction of sp³-hybridized carbons (Fsp3) is 0.789. The number of aryl methyl sites for hydroxylation is 2. The molecule has 5 heteroatoms. The van der Waals surface area contributed by atoms with Gasteiger partial charge in [-0.3, -0.25) is 4.79 Å². The van der Waals surface area contributed by atoms with Gasteiger partial charge in [-0.2, -0.15) is 0 Å². The quantitative estimate of drug-likeness (QED) is 0.873. The van der Waals surface area contributed by atoms with Crippen molar-refractivity contribution in [2.75, 3.05) is 0 Å². The summed E-state index contributed by atoms with van der Waals surface area (Å²) in [6, 6.07) is 0.0145. The Labute approximate surface area is 148 Å². The number of thiazole rings is 1. The summed E-state index contributed by atoms with van der Waals surface area (Å²) in [5.74, 6) is 1.40. The third kappa shape index (κ3) is 2.90. The lowest BCUT2D eigenvalue weighted by Gasteiger charge is -2.60. The van der Waals surface area contributed by atoms with Crippen LogP contribution in [0.5, 0.6) is 0 Å². The van der Waals surface area contributed by atoms with Crippen LogP contribution in [-0.2, 0) is 4.79 Å². The lowest BCUT2D eigenvalue weighted by atomic mass is 9.47. The van der Waals surface area contributed by atoms with E-state index < -0.39 is 5.60 Å². The number of aromatic nitrogens is 1. The predicted octanol–water partition coefficient (Wildman–Crippen LogP) is 3.66. The Balaban J connectivity index is 1.44. The summed E-state index contributed by atoms with van der Waals surface area (Å²) >= 11 is 1.67. The molecule has 24 heavy (non-hydrogen) atoms. The largest absolute Gasteiger partial charge is 0.390 e. The molecule has 3 unspecified atom stereocenters. The third-order valence-corrected chi connectivity index (χ3v) is 7.65. The summed E-state index contributed by atoms with van der Waals surface area (Å²) in [7, 11) is 0. The average Bonchev–Trinajstić information content (AvgIpc) is 2.73. The van der Waals surface area contributed by atoms with Gasteiger partial charge in [0.25, 0.3) is 0 Å². The first kappa shape index (κ1) is 16.5. The van der Waals surface area contributed by atoms with E-state index in [0.717, 1.165) is 47.7 Å². The van der Waals surface area contributed by atoms with Gasteiger partial charge < -0.3 is 10.4 Å². The fourth-order valence-corrected chi connectivity index (χ4v) is 7.19. The maximum Gasteiger partial charge on any atom is 0.221 e. The lowest BCUT2D eigenvalue weighted by molar-refractivity contribution is -0.169. The molecule has 0 spiro atoms. The minimum absolute atomic E-state index is 0.0145. The van der Waals surface area contributed by atoms with Crippen LogP contribution in [0.4, 0.5) is 0 Å². The van der Waals surface area contributed by atoms with Crippen molar-refractivity contribution in [3.05, 3.63) is 15.6 Å². The molecule has 4 nitrogen and oxygen atoms in total. The maximum absolute atomic E-state index is 12.7. The molecule has 4 aliphatic rings. The van der Waals surface area contributed by atoms with Crippen LogP contribution in [-0.4, -0.2) is 21.6 Å². The van der Waals surface area contributed by atoms with Gasteiger partial charge in [-0.25, -0.2) is 4.98 Å². The summed E-state index contributed by atoms with van der Waals surface area (Å²) in [5.41, 5.74) is 0.581. The smallest absolute Gasteiger partial charge is 0.221 e. The van der Waals surface area contributed by atoms with Crippen molar-refractivity contribution in [1.82, 2.24) is 10.3 Å². The number of nitrogens with zero attached hydrogens (tertiary/aromatic N) is 1. The summed E-state index contributed by atoms with van der Waals surface area (Å²) in [4.78, 5) is 18.3. The first-order valence-corrected chi connectivity index (χ1v) is 10.0. The van der Waals surface area contributed by atoms with Gasteiger partial charge in [-0.1, -0.05) is 0 Å². The van der Waals surface area contributed by atoms with Crippen molar-refractivity contribution in [3.63, 3.8) is 0 Å². The average molecular weight is 349 g/mol. The second-order valence-electron chi connectivity index (χ2n) is 8.83. The normalized spacial score (nSPS) is 38.3. The Kier molecular flexibility index (Phi) is 3.81. The molecule has 1 heterocycles. The van der Waals surface area contributed by atoms with Gasteiger partial charge in [0, 0.05) is 11.3 Å². The molecule has 4 saturated carbocycles. The summed E-state index contributed by atoms with van der Waals surface area (Å²) in [6.45, 7) is 6.06. The molecule has 3 atom stereocenters. The zero-order valence-electron chi connectivity index (χ0n) is 14.9. The SMILES string of the molecule is Cc1nc(C)c(C(C)NC(=O)CC23CC4CC(CC(O)(C4)C2)C3)s1. The zero-order chi connectivity index (χ0) is 17.1. The number of aliphatic hydroxyl groups is 1. The van der Waals surface area contributed by atoms with Crippen molar-refractivity contribution in [2.24, 2.45) is 17.3 Å². The standard InChI is InChI=1S/C19H28N2O2S/c1-11-17(24-13(3)20-11)12(2)21-16(22)9-18-5-14-4-15(6-18)8-19(23,7-14)10-18/h12,14-15,23H,4-10H2,1-3H3,(H,21,22). The molecular weight excluding hydrogens is 320 g/mol. The van der Waals surface area contributed by atoms with E-state index in [4.69, 9.17) is 0 Å². The number of hydrogen-bond acceptors (Lipinski definition) is 4. The van der Waals surface area contributed by atoms with E-state index in [1.165, 1.54) is 6.42 Å². The van der Waals surface area contributed by atoms with Gasteiger partial charge in [-0.05, 0) is 76.5 Å². The van der Waals surface area contributed by atoms with Gasteiger partial charge in [0.1, 0.15) is 0 Å². The van der Waals surface area contributed by atoms with Crippen molar-refractivity contribution >= 4 is 17.2 Å². The van der Waals surface area contributed by atoms with Gasteiger partial charge in [0.2, 0.25) is 5.91 Å². The van der Waals surface area contributed by atoms with Crippen LogP contribution in [0, 0.1) is 31.1 Å². The molecule has 1 aromatic rings. The first-order chi connectivity index (χ1) is 11.3. The van der Waals surface area contributed by atoms with Gasteiger partial charge in [-0.15, -0.1) is 11.3 Å². The second-order valence-corrected chi connectivity index (χ2v) is 10.1. The molecule has 4 aliphatic carbocycles. The summed E-state index contributed by atoms with van der Waals surface area (Å²) in [5, 5.41) is 15.1. The van der Waals surface area contributed by atoms with E-state index in [2.05, 4.69) is 10.3 Å². The predicted molar refractivity (Wildman–Crippen MR) is 94.8 cm³/mol. The van der Waals surface area contributed by atoms with E-state index >= 15 is 0 Å². The molecule has 1 aromatic heterocycles. The molecule has 0 aliphatic heterocycles. The van der Waals surface area contributed by atoms with E-state index in [0.29, 0.717) is 18.3 Å². The highest BCUT2D eigenvalue weighted by Gasteiger charge is 2.57. The van der Waals surface area contributed by atoms with E-state index in [9.17, 15) is 9.90 Å². The van der Waals surface area contributed by atoms with Crippen LogP contribution in [0.15, 0.2) is 0 Å². The molecule has 4 fully saturated rings. The Hall–Kier alpha value is -0.940. The number of carbonyl (C=O) groups excluding carboxylic acids is 1. The number of hydrogen-bond donors (Lipinski definition) is 2. The minimum Gasteiger partial charge on any atom is -0.390 e. The van der Waals surface area contributed by atoms with Crippen LogP contribution in [0.1, 0.15) is 73.5 Å². The first-order valence-electron chi connectivity index (χ1n) is 9.22. The van der Waals surface area contributed by atoms with Crippen LogP contribution in [0.2, 0.25) is 0 Å². The van der Waals surface area contributed by atoms with Crippen molar-refractivity contribution < 1.29 is 9.90 Å². The fourth-order valence-electron chi connectivity index (χ4n) is 6.26. The maximum atomic E-state index is 12.7. The second kappa shape index (κ2) is 5.53. The van der Waals surface area contributed by atoms with Gasteiger partial charge >= 0.3 is 0 Å². The molecule has 2 N–H and O–H groups in total. The Morgan fingerprint density at radius 3 is 2.54 bits per heavy atom. The highest BCUT2D eigenvalue weighted by molar-refractivity contribution is 7.11. The molecule has 0 radical (unpaired) electrons. The molecule has 132 valence electrons. The van der Waals surface area contributed by atoms with Crippen molar-refractivity contribution in [2.45, 2.75) is 77.4 Å². The molecule has 0 saturated heterocycles. The number of nitrogens with one attached hydrogen (secondary N) is 1. The third-order valence-electron chi connectivity index (χ3n) is 6.40. The van der Waals surface area contributed by atoms with Crippen molar-refractivity contribution in [3.8, 4) is 0 Å². The molecule has 5 rings (SSSR count). The lowest BCUT2D eigenvalue weighted by Crippen LogP contribution is -2.56. The number of carbonyl (C=O) groups is 1. The molecule has 4 bridgehead atoms. The minimum atomic E-state index is -0.485. The van der Waals surface area contributed by atoms with E-state index in [1.807, 2.05) is 20.8 Å². The highest BCUT2D eigenvalue weighted by Crippen LogP contribution is 2.62.